The van der Waals surface area contributed by atoms with Gasteiger partial charge in [-0.25, -0.2) is 0 Å². The highest BCUT2D eigenvalue weighted by Crippen LogP contribution is 2.38. The Morgan fingerprint density at radius 3 is 2.47 bits per heavy atom. The summed E-state index contributed by atoms with van der Waals surface area (Å²) in [6.45, 7) is 6.35. The number of aryl methyl sites for hydroxylation is 2. The first-order valence-electron chi connectivity index (χ1n) is 6.51. The zero-order valence-corrected chi connectivity index (χ0v) is 12.7. The second kappa shape index (κ2) is 5.41. The van der Waals surface area contributed by atoms with Crippen LogP contribution in [-0.2, 0) is 4.79 Å². The lowest BCUT2D eigenvalue weighted by atomic mass is 9.81. The molecule has 1 unspecified atom stereocenters. The number of ketones is 1. The quantitative estimate of drug-likeness (QED) is 0.822. The van der Waals surface area contributed by atoms with Crippen molar-refractivity contribution in [2.24, 2.45) is 0 Å². The van der Waals surface area contributed by atoms with Gasteiger partial charge in [-0.2, -0.15) is 0 Å². The molecule has 0 aromatic heterocycles. The molecule has 0 fully saturated rings. The summed E-state index contributed by atoms with van der Waals surface area (Å²) < 4.78 is 0. The molecule has 0 radical (unpaired) electrons. The number of thioether (sulfide) groups is 1. The Bertz CT molecular complexity index is 558. The number of rotatable bonds is 2. The van der Waals surface area contributed by atoms with E-state index in [4.69, 9.17) is 0 Å². The van der Waals surface area contributed by atoms with Crippen LogP contribution in [0.3, 0.4) is 0 Å². The number of hydrogen-bond donors (Lipinski definition) is 1. The number of aliphatic hydroxyl groups is 1. The van der Waals surface area contributed by atoms with Gasteiger partial charge >= 0.3 is 0 Å². The van der Waals surface area contributed by atoms with E-state index in [-0.39, 0.29) is 17.5 Å². The monoisotopic (exact) mass is 276 g/mol. The molecule has 102 valence electrons. The molecule has 1 aliphatic rings. The van der Waals surface area contributed by atoms with E-state index in [1.165, 1.54) is 33.2 Å². The number of carbonyl (C=O) groups excluding carboxylic acids is 1. The van der Waals surface area contributed by atoms with Gasteiger partial charge in [-0.05, 0) is 55.2 Å². The minimum atomic E-state index is 0.0267. The Hall–Kier alpha value is -1.22. The van der Waals surface area contributed by atoms with Crippen LogP contribution in [0, 0.1) is 20.8 Å². The summed E-state index contributed by atoms with van der Waals surface area (Å²) in [6, 6.07) is 2.19. The molecule has 0 bridgehead atoms. The lowest BCUT2D eigenvalue weighted by molar-refractivity contribution is -0.115. The minimum absolute atomic E-state index is 0.0267. The molecule has 1 aromatic carbocycles. The maximum atomic E-state index is 11.7. The molecule has 0 aliphatic heterocycles. The van der Waals surface area contributed by atoms with Gasteiger partial charge in [0.25, 0.3) is 0 Å². The molecule has 0 saturated carbocycles. The third kappa shape index (κ3) is 2.71. The van der Waals surface area contributed by atoms with Gasteiger partial charge in [0.2, 0.25) is 0 Å². The first kappa shape index (κ1) is 14.2. The van der Waals surface area contributed by atoms with Crippen molar-refractivity contribution in [2.75, 3.05) is 6.26 Å². The maximum Gasteiger partial charge on any atom is 0.159 e. The van der Waals surface area contributed by atoms with Crippen LogP contribution in [0.25, 0.3) is 0 Å². The highest BCUT2D eigenvalue weighted by Gasteiger charge is 2.25. The third-order valence-electron chi connectivity index (χ3n) is 3.80. The van der Waals surface area contributed by atoms with E-state index in [1.54, 1.807) is 11.8 Å². The van der Waals surface area contributed by atoms with Gasteiger partial charge in [0.05, 0.1) is 5.76 Å². The van der Waals surface area contributed by atoms with E-state index in [9.17, 15) is 9.90 Å². The van der Waals surface area contributed by atoms with Gasteiger partial charge < -0.3 is 5.11 Å². The molecule has 0 spiro atoms. The number of hydrogen-bond acceptors (Lipinski definition) is 3. The molecule has 3 heteroatoms. The van der Waals surface area contributed by atoms with E-state index in [0.29, 0.717) is 12.8 Å². The smallest absolute Gasteiger partial charge is 0.159 e. The van der Waals surface area contributed by atoms with Crippen molar-refractivity contribution in [3.63, 3.8) is 0 Å². The van der Waals surface area contributed by atoms with Crippen LogP contribution in [0.1, 0.15) is 41.0 Å². The van der Waals surface area contributed by atoms with E-state index >= 15 is 0 Å². The van der Waals surface area contributed by atoms with Crippen molar-refractivity contribution in [3.05, 3.63) is 40.2 Å². The van der Waals surface area contributed by atoms with Gasteiger partial charge in [-0.15, -0.1) is 11.8 Å². The summed E-state index contributed by atoms with van der Waals surface area (Å²) in [7, 11) is 0. The summed E-state index contributed by atoms with van der Waals surface area (Å²) in [5.41, 5.74) is 5.01. The summed E-state index contributed by atoms with van der Waals surface area (Å²) in [5, 5.41) is 9.71. The fourth-order valence-corrected chi connectivity index (χ4v) is 4.00. The topological polar surface area (TPSA) is 37.3 Å². The molecule has 1 N–H and O–H groups in total. The van der Waals surface area contributed by atoms with Crippen LogP contribution < -0.4 is 0 Å². The highest BCUT2D eigenvalue weighted by molar-refractivity contribution is 7.98. The predicted octanol–water partition coefficient (Wildman–Crippen LogP) is 4.22. The standard InChI is InChI=1S/C16H20O2S/c1-9-5-10(2)16(19-4)11(3)15(9)12-6-13(17)8-14(18)7-12/h5,8,12,17H,6-7H2,1-4H3. The van der Waals surface area contributed by atoms with Crippen molar-refractivity contribution < 1.29 is 9.90 Å². The molecule has 19 heavy (non-hydrogen) atoms. The van der Waals surface area contributed by atoms with Crippen LogP contribution in [0.4, 0.5) is 0 Å². The molecule has 2 nitrogen and oxygen atoms in total. The Balaban J connectivity index is 2.51. The fourth-order valence-electron chi connectivity index (χ4n) is 3.20. The van der Waals surface area contributed by atoms with E-state index < -0.39 is 0 Å². The molecule has 1 atom stereocenters. The minimum Gasteiger partial charge on any atom is -0.512 e. The van der Waals surface area contributed by atoms with E-state index in [0.717, 1.165) is 0 Å². The number of carbonyl (C=O) groups is 1. The second-order valence-corrected chi connectivity index (χ2v) is 6.11. The normalized spacial score (nSPS) is 19.5. The number of benzene rings is 1. The molecule has 0 heterocycles. The summed E-state index contributed by atoms with van der Waals surface area (Å²) in [4.78, 5) is 13.0. The second-order valence-electron chi connectivity index (χ2n) is 5.29. The maximum absolute atomic E-state index is 11.7. The van der Waals surface area contributed by atoms with Gasteiger partial charge in [0.15, 0.2) is 5.78 Å². The van der Waals surface area contributed by atoms with E-state index in [2.05, 4.69) is 33.1 Å². The summed E-state index contributed by atoms with van der Waals surface area (Å²) in [5.74, 6) is 0.356. The van der Waals surface area contributed by atoms with Crippen molar-refractivity contribution in [3.8, 4) is 0 Å². The lowest BCUT2D eigenvalue weighted by Crippen LogP contribution is -2.15. The molecule has 1 aromatic rings. The fraction of sp³-hybridized carbons (Fsp3) is 0.438. The van der Waals surface area contributed by atoms with Crippen LogP contribution in [0.2, 0.25) is 0 Å². The molecule has 0 saturated heterocycles. The van der Waals surface area contributed by atoms with Crippen LogP contribution >= 0.6 is 11.8 Å². The van der Waals surface area contributed by atoms with Crippen molar-refractivity contribution in [1.82, 2.24) is 0 Å². The SMILES string of the molecule is CSc1c(C)cc(C)c(C2CC(=O)C=C(O)C2)c1C. The van der Waals surface area contributed by atoms with Crippen molar-refractivity contribution in [1.29, 1.82) is 0 Å². The van der Waals surface area contributed by atoms with Gasteiger partial charge in [-0.3, -0.25) is 4.79 Å². The van der Waals surface area contributed by atoms with Crippen LogP contribution in [0.15, 0.2) is 22.8 Å². The Kier molecular flexibility index (Phi) is 4.04. The van der Waals surface area contributed by atoms with Gasteiger partial charge in [0.1, 0.15) is 0 Å². The molecular weight excluding hydrogens is 256 g/mol. The molecule has 1 aliphatic carbocycles. The van der Waals surface area contributed by atoms with Crippen LogP contribution in [-0.4, -0.2) is 17.1 Å². The van der Waals surface area contributed by atoms with Crippen LogP contribution in [0.5, 0.6) is 0 Å². The highest BCUT2D eigenvalue weighted by atomic mass is 32.2. The predicted molar refractivity (Wildman–Crippen MR) is 80.1 cm³/mol. The van der Waals surface area contributed by atoms with Gasteiger partial charge in [0, 0.05) is 23.8 Å². The zero-order valence-electron chi connectivity index (χ0n) is 11.9. The Morgan fingerprint density at radius 1 is 1.21 bits per heavy atom. The van der Waals surface area contributed by atoms with E-state index in [1.807, 2.05) is 0 Å². The van der Waals surface area contributed by atoms with Crippen molar-refractivity contribution in [2.45, 2.75) is 44.4 Å². The largest absolute Gasteiger partial charge is 0.512 e. The average Bonchev–Trinajstić information content (AvgIpc) is 2.27. The summed E-state index contributed by atoms with van der Waals surface area (Å²) in [6.07, 6.45) is 4.52. The lowest BCUT2D eigenvalue weighted by Gasteiger charge is -2.25. The average molecular weight is 276 g/mol. The Morgan fingerprint density at radius 2 is 1.89 bits per heavy atom. The number of aliphatic hydroxyl groups excluding tert-OH is 1. The van der Waals surface area contributed by atoms with Gasteiger partial charge in [-0.1, -0.05) is 6.07 Å². The van der Waals surface area contributed by atoms with Crippen molar-refractivity contribution >= 4 is 17.5 Å². The molecular formula is C16H20O2S. The third-order valence-corrected chi connectivity index (χ3v) is 4.84. The molecule has 2 rings (SSSR count). The first-order chi connectivity index (χ1) is 8.93. The summed E-state index contributed by atoms with van der Waals surface area (Å²) >= 11 is 1.75. The zero-order chi connectivity index (χ0) is 14.2. The molecule has 0 amide bonds. The Labute approximate surface area is 118 Å². The number of allylic oxidation sites excluding steroid dienone is 2. The first-order valence-corrected chi connectivity index (χ1v) is 7.73.